The van der Waals surface area contributed by atoms with E-state index in [1.165, 1.54) is 14.0 Å². The van der Waals surface area contributed by atoms with Crippen LogP contribution in [0.3, 0.4) is 0 Å². The molecule has 98 valence electrons. The lowest BCUT2D eigenvalue weighted by molar-refractivity contribution is -0.322. The Labute approximate surface area is 98.2 Å². The summed E-state index contributed by atoms with van der Waals surface area (Å²) in [7, 11) is 1.38. The molecule has 2 N–H and O–H groups in total. The molecule has 7 heteroatoms. The monoisotopic (exact) mass is 248 g/mol. The van der Waals surface area contributed by atoms with Gasteiger partial charge in [-0.1, -0.05) is 0 Å². The number of fused-ring (bicyclic) bond motifs is 1. The molecule has 0 aromatic carbocycles. The third kappa shape index (κ3) is 2.16. The zero-order valence-corrected chi connectivity index (χ0v) is 9.61. The summed E-state index contributed by atoms with van der Waals surface area (Å²) in [6.45, 7) is 1.19. The number of rotatable bonds is 2. The van der Waals surface area contributed by atoms with Gasteiger partial charge >= 0.3 is 5.97 Å². The van der Waals surface area contributed by atoms with E-state index in [1.807, 2.05) is 0 Å². The number of aliphatic hydroxyl groups excluding tert-OH is 2. The van der Waals surface area contributed by atoms with Gasteiger partial charge in [-0.2, -0.15) is 0 Å². The number of methoxy groups -OCH3 is 1. The molecule has 6 atom stereocenters. The Hall–Kier alpha value is -0.730. The number of carbonyl (C=O) groups excluding carboxylic acids is 1. The highest BCUT2D eigenvalue weighted by Gasteiger charge is 2.52. The second-order valence-electron chi connectivity index (χ2n) is 4.10. The predicted molar refractivity (Wildman–Crippen MR) is 53.0 cm³/mol. The third-order valence-corrected chi connectivity index (χ3v) is 2.97. The Bertz CT molecular complexity index is 294. The summed E-state index contributed by atoms with van der Waals surface area (Å²) in [5.74, 6) is -0.531. The molecule has 2 heterocycles. The first-order valence-electron chi connectivity index (χ1n) is 5.41. The average molecular weight is 248 g/mol. The summed E-state index contributed by atoms with van der Waals surface area (Å²) in [6.07, 6.45) is -5.05. The Balaban J connectivity index is 2.18. The molecule has 17 heavy (non-hydrogen) atoms. The lowest BCUT2D eigenvalue weighted by Gasteiger charge is -2.46. The van der Waals surface area contributed by atoms with Gasteiger partial charge in [-0.15, -0.1) is 0 Å². The minimum Gasteiger partial charge on any atom is -0.455 e. The molecule has 2 rings (SSSR count). The molecule has 0 saturated carbocycles. The van der Waals surface area contributed by atoms with Gasteiger partial charge in [0.15, 0.2) is 18.5 Å². The smallest absolute Gasteiger partial charge is 0.335 e. The largest absolute Gasteiger partial charge is 0.455 e. The van der Waals surface area contributed by atoms with E-state index >= 15 is 0 Å². The first-order chi connectivity index (χ1) is 8.08. The molecule has 0 aliphatic carbocycles. The molecule has 2 aliphatic heterocycles. The molecule has 2 saturated heterocycles. The van der Waals surface area contributed by atoms with E-state index in [0.29, 0.717) is 0 Å². The van der Waals surface area contributed by atoms with E-state index in [0.717, 1.165) is 0 Å². The minimum atomic E-state index is -1.07. The van der Waals surface area contributed by atoms with Crippen molar-refractivity contribution in [3.63, 3.8) is 0 Å². The van der Waals surface area contributed by atoms with Crippen molar-refractivity contribution < 1.29 is 34.0 Å². The summed E-state index contributed by atoms with van der Waals surface area (Å²) in [5, 5.41) is 19.1. The van der Waals surface area contributed by atoms with Gasteiger partial charge < -0.3 is 29.2 Å². The van der Waals surface area contributed by atoms with Crippen LogP contribution in [0.25, 0.3) is 0 Å². The summed E-state index contributed by atoms with van der Waals surface area (Å²) < 4.78 is 20.7. The lowest BCUT2D eigenvalue weighted by atomic mass is 9.97. The lowest BCUT2D eigenvalue weighted by Crippen LogP contribution is -2.64. The van der Waals surface area contributed by atoms with E-state index in [-0.39, 0.29) is 6.61 Å². The van der Waals surface area contributed by atoms with E-state index in [1.54, 1.807) is 0 Å². The predicted octanol–water partition coefficient (Wildman–Crippen LogP) is -1.59. The summed E-state index contributed by atoms with van der Waals surface area (Å²) in [4.78, 5) is 11.4. The van der Waals surface area contributed by atoms with Crippen LogP contribution < -0.4 is 0 Å². The Morgan fingerprint density at radius 2 is 2.06 bits per heavy atom. The average Bonchev–Trinajstić information content (AvgIpc) is 2.32. The van der Waals surface area contributed by atoms with Crippen LogP contribution in [0, 0.1) is 0 Å². The zero-order valence-electron chi connectivity index (χ0n) is 9.61. The van der Waals surface area contributed by atoms with Gasteiger partial charge in [0.2, 0.25) is 0 Å². The second kappa shape index (κ2) is 4.87. The SMILES string of the molecule is CO[C@H]1O[C@H](CO)[C@H]2OC(=O)[C@H](C)O[C@@H]2[C@H]1O. The van der Waals surface area contributed by atoms with Crippen LogP contribution in [-0.2, 0) is 23.7 Å². The van der Waals surface area contributed by atoms with Gasteiger partial charge in [0.1, 0.15) is 18.3 Å². The molecule has 2 fully saturated rings. The van der Waals surface area contributed by atoms with Gasteiger partial charge in [0.05, 0.1) is 6.61 Å². The van der Waals surface area contributed by atoms with Crippen molar-refractivity contribution in [2.24, 2.45) is 0 Å². The third-order valence-electron chi connectivity index (χ3n) is 2.97. The van der Waals surface area contributed by atoms with Crippen molar-refractivity contribution in [1.29, 1.82) is 0 Å². The first-order valence-corrected chi connectivity index (χ1v) is 5.41. The molecular weight excluding hydrogens is 232 g/mol. The first kappa shape index (κ1) is 12.7. The van der Waals surface area contributed by atoms with Gasteiger partial charge in [0, 0.05) is 7.11 Å². The zero-order chi connectivity index (χ0) is 12.6. The van der Waals surface area contributed by atoms with Crippen LogP contribution in [0.2, 0.25) is 0 Å². The maximum atomic E-state index is 11.4. The number of hydrogen-bond acceptors (Lipinski definition) is 7. The maximum Gasteiger partial charge on any atom is 0.335 e. The number of esters is 1. The molecule has 0 unspecified atom stereocenters. The highest BCUT2D eigenvalue weighted by Crippen LogP contribution is 2.30. The van der Waals surface area contributed by atoms with Crippen LogP contribution >= 0.6 is 0 Å². The number of carbonyl (C=O) groups is 1. The van der Waals surface area contributed by atoms with Gasteiger partial charge in [-0.05, 0) is 6.92 Å². The van der Waals surface area contributed by atoms with Crippen LogP contribution in [0.4, 0.5) is 0 Å². The molecule has 0 spiro atoms. The molecule has 0 amide bonds. The standard InChI is InChI=1S/C10H16O7/c1-4-9(13)17-7-5(3-11)16-10(14-2)6(12)8(7)15-4/h4-8,10-12H,3H2,1-2H3/t4-,5+,6+,7+,8+,10-/m0/s1. The fourth-order valence-corrected chi connectivity index (χ4v) is 2.05. The fourth-order valence-electron chi connectivity index (χ4n) is 2.05. The molecule has 2 aliphatic rings. The number of aliphatic hydroxyl groups is 2. The van der Waals surface area contributed by atoms with Gasteiger partial charge in [-0.3, -0.25) is 0 Å². The molecular formula is C10H16O7. The van der Waals surface area contributed by atoms with E-state index in [4.69, 9.17) is 18.9 Å². The van der Waals surface area contributed by atoms with Crippen LogP contribution in [0.5, 0.6) is 0 Å². The molecule has 0 aromatic rings. The van der Waals surface area contributed by atoms with Crippen LogP contribution in [-0.4, -0.2) is 66.7 Å². The van der Waals surface area contributed by atoms with E-state index in [9.17, 15) is 15.0 Å². The summed E-state index contributed by atoms with van der Waals surface area (Å²) in [5.41, 5.74) is 0. The van der Waals surface area contributed by atoms with Crippen molar-refractivity contribution in [3.8, 4) is 0 Å². The molecule has 7 nitrogen and oxygen atoms in total. The van der Waals surface area contributed by atoms with Crippen molar-refractivity contribution in [2.75, 3.05) is 13.7 Å². The van der Waals surface area contributed by atoms with E-state index in [2.05, 4.69) is 0 Å². The highest BCUT2D eigenvalue weighted by atomic mass is 16.7. The van der Waals surface area contributed by atoms with Crippen molar-refractivity contribution in [3.05, 3.63) is 0 Å². The van der Waals surface area contributed by atoms with Crippen molar-refractivity contribution in [2.45, 2.75) is 43.7 Å². The second-order valence-corrected chi connectivity index (χ2v) is 4.10. The van der Waals surface area contributed by atoms with Crippen LogP contribution in [0.15, 0.2) is 0 Å². The highest BCUT2D eigenvalue weighted by molar-refractivity contribution is 5.75. The number of hydrogen-bond donors (Lipinski definition) is 2. The van der Waals surface area contributed by atoms with Crippen molar-refractivity contribution in [1.82, 2.24) is 0 Å². The Morgan fingerprint density at radius 3 is 2.65 bits per heavy atom. The normalized spacial score (nSPS) is 46.2. The number of ether oxygens (including phenoxy) is 4. The van der Waals surface area contributed by atoms with Gasteiger partial charge in [0.25, 0.3) is 0 Å². The maximum absolute atomic E-state index is 11.4. The van der Waals surface area contributed by atoms with Gasteiger partial charge in [-0.25, -0.2) is 4.79 Å². The molecule has 0 bridgehead atoms. The summed E-state index contributed by atoms with van der Waals surface area (Å²) >= 11 is 0. The Morgan fingerprint density at radius 1 is 1.35 bits per heavy atom. The van der Waals surface area contributed by atoms with E-state index < -0.39 is 42.8 Å². The minimum absolute atomic E-state index is 0.348. The fraction of sp³-hybridized carbons (Fsp3) is 0.900. The molecule has 0 aromatic heterocycles. The topological polar surface area (TPSA) is 94.5 Å². The van der Waals surface area contributed by atoms with Crippen LogP contribution in [0.1, 0.15) is 6.92 Å². The van der Waals surface area contributed by atoms with Crippen molar-refractivity contribution >= 4 is 5.97 Å². The Kier molecular flexibility index (Phi) is 3.64. The quantitative estimate of drug-likeness (QED) is 0.569. The molecule has 0 radical (unpaired) electrons. The summed E-state index contributed by atoms with van der Waals surface area (Å²) in [6, 6.07) is 0.